The topological polar surface area (TPSA) is 51.7 Å². The number of likely N-dealkylation sites (N-methyl/N-ethyl adjacent to an activating group) is 1. The lowest BCUT2D eigenvalue weighted by Crippen LogP contribution is -2.47. The van der Waals surface area contributed by atoms with Crippen molar-refractivity contribution in [2.24, 2.45) is 0 Å². The first-order valence-corrected chi connectivity index (χ1v) is 10.2. The molecule has 1 aromatic heterocycles. The van der Waals surface area contributed by atoms with Crippen LogP contribution in [0.3, 0.4) is 0 Å². The second-order valence-electron chi connectivity index (χ2n) is 7.74. The lowest BCUT2D eigenvalue weighted by molar-refractivity contribution is 0.0664. The van der Waals surface area contributed by atoms with Gasteiger partial charge in [0.2, 0.25) is 0 Å². The van der Waals surface area contributed by atoms with Gasteiger partial charge in [-0.2, -0.15) is 0 Å². The summed E-state index contributed by atoms with van der Waals surface area (Å²) in [7, 11) is 2.09. The highest BCUT2D eigenvalue weighted by Gasteiger charge is 2.20. The number of benzene rings is 1. The fourth-order valence-electron chi connectivity index (χ4n) is 3.88. The predicted octanol–water partition coefficient (Wildman–Crippen LogP) is 3.20. The standard InChI is InChI=1S/C22H29N5O/c1-25-13-15-27(16-14-25)22(28)18-9-10-23-21(17-18)24-19-5-7-20(8-6-19)26-11-3-2-4-12-26/h5-10,17H,2-4,11-16H2,1H3,(H,23,24). The highest BCUT2D eigenvalue weighted by molar-refractivity contribution is 5.95. The molecule has 2 aliphatic rings. The van der Waals surface area contributed by atoms with Gasteiger partial charge in [0.15, 0.2) is 0 Å². The Kier molecular flexibility index (Phi) is 5.76. The minimum absolute atomic E-state index is 0.0824. The number of hydrogen-bond acceptors (Lipinski definition) is 5. The van der Waals surface area contributed by atoms with Crippen LogP contribution in [0.5, 0.6) is 0 Å². The lowest BCUT2D eigenvalue weighted by atomic mass is 10.1. The van der Waals surface area contributed by atoms with Crippen molar-refractivity contribution in [2.45, 2.75) is 19.3 Å². The molecule has 0 radical (unpaired) electrons. The van der Waals surface area contributed by atoms with Crippen LogP contribution >= 0.6 is 0 Å². The Hall–Kier alpha value is -2.60. The zero-order chi connectivity index (χ0) is 19.3. The van der Waals surface area contributed by atoms with Gasteiger partial charge in [-0.1, -0.05) is 0 Å². The van der Waals surface area contributed by atoms with Crippen LogP contribution in [0.4, 0.5) is 17.2 Å². The number of piperidine rings is 1. The van der Waals surface area contributed by atoms with Gasteiger partial charge in [0.1, 0.15) is 5.82 Å². The third-order valence-electron chi connectivity index (χ3n) is 5.66. The van der Waals surface area contributed by atoms with Gasteiger partial charge < -0.3 is 20.0 Å². The van der Waals surface area contributed by atoms with E-state index in [0.717, 1.165) is 45.0 Å². The molecule has 0 aliphatic carbocycles. The molecule has 2 saturated heterocycles. The summed E-state index contributed by atoms with van der Waals surface area (Å²) in [5.41, 5.74) is 2.95. The van der Waals surface area contributed by atoms with E-state index in [1.54, 1.807) is 12.3 Å². The molecular weight excluding hydrogens is 350 g/mol. The van der Waals surface area contributed by atoms with Crippen LogP contribution in [0, 0.1) is 0 Å². The minimum Gasteiger partial charge on any atom is -0.372 e. The molecule has 0 saturated carbocycles. The molecule has 1 N–H and O–H groups in total. The monoisotopic (exact) mass is 379 g/mol. The number of anilines is 3. The molecule has 1 amide bonds. The van der Waals surface area contributed by atoms with Gasteiger partial charge in [0.25, 0.3) is 5.91 Å². The Balaban J connectivity index is 1.41. The van der Waals surface area contributed by atoms with Crippen molar-refractivity contribution in [3.63, 3.8) is 0 Å². The van der Waals surface area contributed by atoms with E-state index in [4.69, 9.17) is 0 Å². The van der Waals surface area contributed by atoms with Crippen molar-refractivity contribution in [1.29, 1.82) is 0 Å². The van der Waals surface area contributed by atoms with E-state index in [9.17, 15) is 4.79 Å². The summed E-state index contributed by atoms with van der Waals surface area (Å²) in [4.78, 5) is 23.8. The summed E-state index contributed by atoms with van der Waals surface area (Å²) in [6.07, 6.45) is 5.59. The number of rotatable bonds is 4. The van der Waals surface area contributed by atoms with Gasteiger partial charge in [-0.15, -0.1) is 0 Å². The van der Waals surface area contributed by atoms with Crippen LogP contribution in [-0.2, 0) is 0 Å². The average Bonchev–Trinajstić information content (AvgIpc) is 2.75. The average molecular weight is 380 g/mol. The second-order valence-corrected chi connectivity index (χ2v) is 7.74. The van der Waals surface area contributed by atoms with E-state index in [-0.39, 0.29) is 5.91 Å². The molecule has 0 spiro atoms. The van der Waals surface area contributed by atoms with Crippen molar-refractivity contribution < 1.29 is 4.79 Å². The molecule has 3 heterocycles. The third kappa shape index (κ3) is 4.44. The normalized spacial score (nSPS) is 18.2. The highest BCUT2D eigenvalue weighted by Crippen LogP contribution is 2.23. The number of nitrogens with one attached hydrogen (secondary N) is 1. The van der Waals surface area contributed by atoms with Crippen LogP contribution in [-0.4, -0.2) is 67.0 Å². The molecule has 6 nitrogen and oxygen atoms in total. The smallest absolute Gasteiger partial charge is 0.254 e. The summed E-state index contributed by atoms with van der Waals surface area (Å²) in [5.74, 6) is 0.782. The molecule has 2 fully saturated rings. The fourth-order valence-corrected chi connectivity index (χ4v) is 3.88. The van der Waals surface area contributed by atoms with Crippen molar-refractivity contribution in [1.82, 2.24) is 14.8 Å². The van der Waals surface area contributed by atoms with Crippen LogP contribution in [0.25, 0.3) is 0 Å². The Morgan fingerprint density at radius 1 is 0.929 bits per heavy atom. The number of hydrogen-bond donors (Lipinski definition) is 1. The van der Waals surface area contributed by atoms with E-state index >= 15 is 0 Å². The van der Waals surface area contributed by atoms with E-state index in [1.165, 1.54) is 24.9 Å². The van der Waals surface area contributed by atoms with E-state index in [2.05, 4.69) is 51.4 Å². The minimum atomic E-state index is 0.0824. The van der Waals surface area contributed by atoms with Crippen LogP contribution < -0.4 is 10.2 Å². The number of aromatic nitrogens is 1. The second kappa shape index (κ2) is 8.61. The van der Waals surface area contributed by atoms with Crippen molar-refractivity contribution >= 4 is 23.1 Å². The van der Waals surface area contributed by atoms with Gasteiger partial charge in [-0.25, -0.2) is 4.98 Å². The number of pyridine rings is 1. The number of amides is 1. The molecule has 28 heavy (non-hydrogen) atoms. The Bertz CT molecular complexity index is 793. The number of nitrogens with zero attached hydrogens (tertiary/aromatic N) is 4. The van der Waals surface area contributed by atoms with E-state index < -0.39 is 0 Å². The van der Waals surface area contributed by atoms with E-state index in [1.807, 2.05) is 11.0 Å². The largest absolute Gasteiger partial charge is 0.372 e. The quantitative estimate of drug-likeness (QED) is 0.884. The lowest BCUT2D eigenvalue weighted by Gasteiger charge is -2.32. The molecular formula is C22H29N5O. The van der Waals surface area contributed by atoms with Crippen molar-refractivity contribution in [2.75, 3.05) is 56.5 Å². The van der Waals surface area contributed by atoms with Gasteiger partial charge in [-0.3, -0.25) is 4.79 Å². The van der Waals surface area contributed by atoms with E-state index in [0.29, 0.717) is 11.4 Å². The predicted molar refractivity (Wildman–Crippen MR) is 113 cm³/mol. The third-order valence-corrected chi connectivity index (χ3v) is 5.66. The van der Waals surface area contributed by atoms with Crippen molar-refractivity contribution in [3.8, 4) is 0 Å². The number of carbonyl (C=O) groups excluding carboxylic acids is 1. The highest BCUT2D eigenvalue weighted by atomic mass is 16.2. The first-order valence-electron chi connectivity index (χ1n) is 10.2. The van der Waals surface area contributed by atoms with Gasteiger partial charge >= 0.3 is 0 Å². The summed E-state index contributed by atoms with van der Waals surface area (Å²) in [5, 5.41) is 3.33. The molecule has 0 unspecified atom stereocenters. The van der Waals surface area contributed by atoms with Crippen molar-refractivity contribution in [3.05, 3.63) is 48.2 Å². The Labute approximate surface area is 167 Å². The van der Waals surface area contributed by atoms with Crippen LogP contribution in [0.2, 0.25) is 0 Å². The van der Waals surface area contributed by atoms with Gasteiger partial charge in [0.05, 0.1) is 0 Å². The number of carbonyl (C=O) groups is 1. The molecule has 4 rings (SSSR count). The molecule has 2 aromatic rings. The molecule has 148 valence electrons. The molecule has 0 bridgehead atoms. The Morgan fingerprint density at radius 2 is 1.64 bits per heavy atom. The maximum absolute atomic E-state index is 12.8. The zero-order valence-corrected chi connectivity index (χ0v) is 16.6. The molecule has 6 heteroatoms. The SMILES string of the molecule is CN1CCN(C(=O)c2ccnc(Nc3ccc(N4CCCCC4)cc3)c2)CC1. The first-order chi connectivity index (χ1) is 13.7. The van der Waals surface area contributed by atoms with Crippen LogP contribution in [0.15, 0.2) is 42.6 Å². The molecule has 1 aromatic carbocycles. The maximum Gasteiger partial charge on any atom is 0.254 e. The zero-order valence-electron chi connectivity index (χ0n) is 16.6. The summed E-state index contributed by atoms with van der Waals surface area (Å²) < 4.78 is 0. The summed E-state index contributed by atoms with van der Waals surface area (Å²) >= 11 is 0. The number of piperazine rings is 1. The summed E-state index contributed by atoms with van der Waals surface area (Å²) in [6.45, 7) is 5.68. The summed E-state index contributed by atoms with van der Waals surface area (Å²) in [6, 6.07) is 12.1. The fraction of sp³-hybridized carbons (Fsp3) is 0.455. The van der Waals surface area contributed by atoms with Crippen LogP contribution in [0.1, 0.15) is 29.6 Å². The van der Waals surface area contributed by atoms with Gasteiger partial charge in [0, 0.05) is 62.4 Å². The Morgan fingerprint density at radius 3 is 2.36 bits per heavy atom. The molecule has 2 aliphatic heterocycles. The van der Waals surface area contributed by atoms with Gasteiger partial charge in [-0.05, 0) is 62.7 Å². The first kappa shape index (κ1) is 18.7. The molecule has 0 atom stereocenters. The maximum atomic E-state index is 12.8.